The van der Waals surface area contributed by atoms with Crippen LogP contribution in [0, 0.1) is 0 Å². The highest BCUT2D eigenvalue weighted by atomic mass is 16.3. The second kappa shape index (κ2) is 8.49. The van der Waals surface area contributed by atoms with Gasteiger partial charge in [0.15, 0.2) is 0 Å². The predicted octanol–water partition coefficient (Wildman–Crippen LogP) is -0.515. The van der Waals surface area contributed by atoms with Gasteiger partial charge in [-0.3, -0.25) is 4.79 Å². The summed E-state index contributed by atoms with van der Waals surface area (Å²) in [7, 11) is 0. The van der Waals surface area contributed by atoms with Gasteiger partial charge >= 0.3 is 0 Å². The molecule has 3 N–H and O–H groups in total. The van der Waals surface area contributed by atoms with E-state index in [4.69, 9.17) is 5.11 Å². The molecule has 12 heavy (non-hydrogen) atoms. The topological polar surface area (TPSA) is 61.4 Å². The number of hydrogen-bond acceptors (Lipinski definition) is 3. The molecule has 4 nitrogen and oxygen atoms in total. The van der Waals surface area contributed by atoms with Gasteiger partial charge in [0.05, 0.1) is 6.54 Å². The molecule has 0 aromatic carbocycles. The fourth-order valence-electron chi connectivity index (χ4n) is 0.748. The van der Waals surface area contributed by atoms with Crippen LogP contribution in [0.5, 0.6) is 0 Å². The highest BCUT2D eigenvalue weighted by Crippen LogP contribution is 1.73. The van der Waals surface area contributed by atoms with Crippen LogP contribution in [0.25, 0.3) is 0 Å². The Labute approximate surface area is 73.3 Å². The Hall–Kier alpha value is -0.610. The molecular formula is C8H18N2O2. The van der Waals surface area contributed by atoms with Crippen LogP contribution in [-0.2, 0) is 4.79 Å². The van der Waals surface area contributed by atoms with Gasteiger partial charge in [-0.25, -0.2) is 0 Å². The first-order valence-electron chi connectivity index (χ1n) is 4.39. The number of rotatable bonds is 7. The van der Waals surface area contributed by atoms with Gasteiger partial charge in [0.25, 0.3) is 0 Å². The molecule has 0 aromatic heterocycles. The third-order valence-corrected chi connectivity index (χ3v) is 1.37. The lowest BCUT2D eigenvalue weighted by Gasteiger charge is -2.04. The average Bonchev–Trinajstić information content (AvgIpc) is 2.06. The van der Waals surface area contributed by atoms with Crippen molar-refractivity contribution in [3.05, 3.63) is 0 Å². The molecular weight excluding hydrogens is 156 g/mol. The largest absolute Gasteiger partial charge is 0.396 e. The lowest BCUT2D eigenvalue weighted by atomic mass is 10.4. The van der Waals surface area contributed by atoms with Gasteiger partial charge in [0.1, 0.15) is 0 Å². The number of nitrogens with one attached hydrogen (secondary N) is 2. The molecule has 4 heteroatoms. The number of carbonyl (C=O) groups excluding carboxylic acids is 1. The fourth-order valence-corrected chi connectivity index (χ4v) is 0.748. The summed E-state index contributed by atoms with van der Waals surface area (Å²) in [6, 6.07) is 0. The van der Waals surface area contributed by atoms with Gasteiger partial charge in [-0.2, -0.15) is 0 Å². The lowest BCUT2D eigenvalue weighted by Crippen LogP contribution is -2.34. The molecule has 0 saturated carbocycles. The summed E-state index contributed by atoms with van der Waals surface area (Å²) in [5.74, 6) is -0.00287. The highest BCUT2D eigenvalue weighted by molar-refractivity contribution is 5.77. The zero-order valence-electron chi connectivity index (χ0n) is 7.60. The molecule has 0 radical (unpaired) electrons. The summed E-state index contributed by atoms with van der Waals surface area (Å²) < 4.78 is 0. The quantitative estimate of drug-likeness (QED) is 0.455. The number of hydrogen-bond donors (Lipinski definition) is 3. The SMILES string of the molecule is CCCNCC(=O)NCCCO. The maximum atomic E-state index is 10.9. The molecule has 0 fully saturated rings. The number of aliphatic hydroxyl groups excluding tert-OH is 1. The molecule has 0 bridgehead atoms. The molecule has 0 aromatic rings. The Morgan fingerprint density at radius 1 is 1.42 bits per heavy atom. The van der Waals surface area contributed by atoms with E-state index >= 15 is 0 Å². The van der Waals surface area contributed by atoms with Crippen molar-refractivity contribution in [3.8, 4) is 0 Å². The Kier molecular flexibility index (Phi) is 8.05. The smallest absolute Gasteiger partial charge is 0.233 e. The molecule has 0 spiro atoms. The summed E-state index contributed by atoms with van der Waals surface area (Å²) in [5, 5.41) is 14.1. The fraction of sp³-hybridized carbons (Fsp3) is 0.875. The van der Waals surface area contributed by atoms with Crippen molar-refractivity contribution in [2.75, 3.05) is 26.2 Å². The number of amides is 1. The number of carbonyl (C=O) groups is 1. The van der Waals surface area contributed by atoms with Crippen LogP contribution in [0.3, 0.4) is 0 Å². The Bertz CT molecular complexity index is 106. The van der Waals surface area contributed by atoms with Crippen molar-refractivity contribution >= 4 is 5.91 Å². The van der Waals surface area contributed by atoms with Crippen LogP contribution in [0.1, 0.15) is 19.8 Å². The van der Waals surface area contributed by atoms with Crippen LogP contribution in [0.2, 0.25) is 0 Å². The summed E-state index contributed by atoms with van der Waals surface area (Å²) in [5.41, 5.74) is 0. The highest BCUT2D eigenvalue weighted by Gasteiger charge is 1.97. The maximum Gasteiger partial charge on any atom is 0.233 e. The minimum Gasteiger partial charge on any atom is -0.396 e. The summed E-state index contributed by atoms with van der Waals surface area (Å²) in [6.07, 6.45) is 1.66. The van der Waals surface area contributed by atoms with Crippen molar-refractivity contribution in [1.82, 2.24) is 10.6 Å². The predicted molar refractivity (Wildman–Crippen MR) is 47.9 cm³/mol. The summed E-state index contributed by atoms with van der Waals surface area (Å²) >= 11 is 0. The Morgan fingerprint density at radius 3 is 2.75 bits per heavy atom. The van der Waals surface area contributed by atoms with Crippen molar-refractivity contribution in [2.45, 2.75) is 19.8 Å². The Morgan fingerprint density at radius 2 is 2.17 bits per heavy atom. The van der Waals surface area contributed by atoms with Crippen LogP contribution < -0.4 is 10.6 Å². The van der Waals surface area contributed by atoms with E-state index in [0.29, 0.717) is 19.5 Å². The molecule has 1 amide bonds. The molecule has 0 aliphatic heterocycles. The number of aliphatic hydroxyl groups is 1. The third-order valence-electron chi connectivity index (χ3n) is 1.37. The van der Waals surface area contributed by atoms with E-state index in [1.807, 2.05) is 0 Å². The minimum atomic E-state index is -0.00287. The van der Waals surface area contributed by atoms with Gasteiger partial charge in [0, 0.05) is 13.2 Å². The lowest BCUT2D eigenvalue weighted by molar-refractivity contribution is -0.120. The molecule has 0 aliphatic rings. The van der Waals surface area contributed by atoms with Crippen molar-refractivity contribution in [3.63, 3.8) is 0 Å². The molecule has 72 valence electrons. The molecule has 0 unspecified atom stereocenters. The van der Waals surface area contributed by atoms with Gasteiger partial charge in [-0.15, -0.1) is 0 Å². The summed E-state index contributed by atoms with van der Waals surface area (Å²) in [4.78, 5) is 10.9. The van der Waals surface area contributed by atoms with Crippen LogP contribution in [-0.4, -0.2) is 37.3 Å². The molecule has 0 rings (SSSR count). The van der Waals surface area contributed by atoms with Crippen molar-refractivity contribution in [2.24, 2.45) is 0 Å². The zero-order chi connectivity index (χ0) is 9.23. The molecule has 0 aliphatic carbocycles. The monoisotopic (exact) mass is 174 g/mol. The van der Waals surface area contributed by atoms with E-state index in [1.165, 1.54) is 0 Å². The first kappa shape index (κ1) is 11.4. The van der Waals surface area contributed by atoms with Crippen LogP contribution in [0.15, 0.2) is 0 Å². The van der Waals surface area contributed by atoms with Gasteiger partial charge in [-0.1, -0.05) is 6.92 Å². The van der Waals surface area contributed by atoms with Crippen molar-refractivity contribution in [1.29, 1.82) is 0 Å². The second-order valence-corrected chi connectivity index (χ2v) is 2.60. The average molecular weight is 174 g/mol. The van der Waals surface area contributed by atoms with E-state index in [1.54, 1.807) is 0 Å². The molecule has 0 heterocycles. The van der Waals surface area contributed by atoms with E-state index in [0.717, 1.165) is 13.0 Å². The third kappa shape index (κ3) is 7.50. The van der Waals surface area contributed by atoms with Crippen LogP contribution in [0.4, 0.5) is 0 Å². The van der Waals surface area contributed by atoms with E-state index < -0.39 is 0 Å². The first-order chi connectivity index (χ1) is 5.81. The molecule has 0 atom stereocenters. The van der Waals surface area contributed by atoms with E-state index in [-0.39, 0.29) is 12.5 Å². The van der Waals surface area contributed by atoms with Crippen LogP contribution >= 0.6 is 0 Å². The maximum absolute atomic E-state index is 10.9. The first-order valence-corrected chi connectivity index (χ1v) is 4.39. The van der Waals surface area contributed by atoms with Crippen molar-refractivity contribution < 1.29 is 9.90 Å². The Balaban J connectivity index is 3.10. The van der Waals surface area contributed by atoms with Gasteiger partial charge in [-0.05, 0) is 19.4 Å². The molecule has 0 saturated heterocycles. The minimum absolute atomic E-state index is 0.00287. The standard InChI is InChI=1S/C8H18N2O2/c1-2-4-9-7-8(12)10-5-3-6-11/h9,11H,2-7H2,1H3,(H,10,12). The second-order valence-electron chi connectivity index (χ2n) is 2.60. The van der Waals surface area contributed by atoms with E-state index in [9.17, 15) is 4.79 Å². The summed E-state index contributed by atoms with van der Waals surface area (Å²) in [6.45, 7) is 3.98. The normalized spacial score (nSPS) is 9.83. The van der Waals surface area contributed by atoms with Gasteiger partial charge in [0.2, 0.25) is 5.91 Å². The van der Waals surface area contributed by atoms with Gasteiger partial charge < -0.3 is 15.7 Å². The van der Waals surface area contributed by atoms with E-state index in [2.05, 4.69) is 17.6 Å². The zero-order valence-corrected chi connectivity index (χ0v) is 7.60.